The lowest BCUT2D eigenvalue weighted by Crippen LogP contribution is -2.47. The highest BCUT2D eigenvalue weighted by atomic mass is 16.6. The third-order valence-electron chi connectivity index (χ3n) is 2.40. The predicted molar refractivity (Wildman–Crippen MR) is 76.1 cm³/mol. The number of rotatable bonds is 6. The van der Waals surface area contributed by atoms with Gasteiger partial charge in [0.1, 0.15) is 18.2 Å². The van der Waals surface area contributed by atoms with Crippen LogP contribution in [0.15, 0.2) is 12.5 Å². The second kappa shape index (κ2) is 7.43. The number of imidazole rings is 1. The van der Waals surface area contributed by atoms with Crippen LogP contribution in [0.3, 0.4) is 0 Å². The van der Waals surface area contributed by atoms with E-state index in [9.17, 15) is 14.4 Å². The summed E-state index contributed by atoms with van der Waals surface area (Å²) >= 11 is 0. The van der Waals surface area contributed by atoms with Crippen molar-refractivity contribution >= 4 is 18.0 Å². The fraction of sp³-hybridized carbons (Fsp3) is 0.538. The number of hydrogen-bond donors (Lipinski definition) is 4. The fourth-order valence-electron chi connectivity index (χ4n) is 1.53. The Labute approximate surface area is 127 Å². The van der Waals surface area contributed by atoms with E-state index in [0.717, 1.165) is 0 Å². The lowest BCUT2D eigenvalue weighted by molar-refractivity contribution is -0.141. The third-order valence-corrected chi connectivity index (χ3v) is 2.40. The quantitative estimate of drug-likeness (QED) is 0.586. The van der Waals surface area contributed by atoms with Gasteiger partial charge in [-0.25, -0.2) is 14.6 Å². The van der Waals surface area contributed by atoms with Crippen LogP contribution in [0, 0.1) is 0 Å². The molecule has 9 heteroatoms. The first kappa shape index (κ1) is 17.5. The Morgan fingerprint density at radius 2 is 2.09 bits per heavy atom. The number of carboxylic acid groups (broad SMARTS) is 1. The second-order valence-electron chi connectivity index (χ2n) is 5.59. The predicted octanol–water partition coefficient (Wildman–Crippen LogP) is 0.0463. The summed E-state index contributed by atoms with van der Waals surface area (Å²) in [5, 5.41) is 13.7. The summed E-state index contributed by atoms with van der Waals surface area (Å²) in [6, 6.07) is -1.12. The van der Waals surface area contributed by atoms with Crippen LogP contribution in [-0.4, -0.2) is 51.2 Å². The lowest BCUT2D eigenvalue weighted by Gasteiger charge is -2.20. The molecule has 0 fully saturated rings. The number of H-pyrrole nitrogens is 1. The first-order valence-corrected chi connectivity index (χ1v) is 6.63. The summed E-state index contributed by atoms with van der Waals surface area (Å²) in [4.78, 5) is 40.7. The van der Waals surface area contributed by atoms with Crippen LogP contribution >= 0.6 is 0 Å². The van der Waals surface area contributed by atoms with Crippen molar-refractivity contribution in [2.24, 2.45) is 0 Å². The molecule has 0 spiro atoms. The second-order valence-corrected chi connectivity index (χ2v) is 5.59. The van der Waals surface area contributed by atoms with Gasteiger partial charge >= 0.3 is 12.1 Å². The molecule has 1 aromatic rings. The Balaban J connectivity index is 2.44. The number of aliphatic carboxylic acids is 1. The van der Waals surface area contributed by atoms with Crippen LogP contribution < -0.4 is 10.6 Å². The summed E-state index contributed by atoms with van der Waals surface area (Å²) in [7, 11) is 0. The van der Waals surface area contributed by atoms with E-state index in [4.69, 9.17) is 9.84 Å². The number of alkyl carbamates (subject to hydrolysis) is 1. The molecule has 1 rings (SSSR count). The number of nitrogens with zero attached hydrogens (tertiary/aromatic N) is 1. The van der Waals surface area contributed by atoms with Crippen molar-refractivity contribution < 1.29 is 24.2 Å². The molecule has 1 atom stereocenters. The van der Waals surface area contributed by atoms with Gasteiger partial charge in [-0.2, -0.15) is 0 Å². The molecule has 0 unspecified atom stereocenters. The van der Waals surface area contributed by atoms with Gasteiger partial charge in [-0.15, -0.1) is 0 Å². The van der Waals surface area contributed by atoms with Crippen LogP contribution in [0.1, 0.15) is 26.5 Å². The zero-order valence-corrected chi connectivity index (χ0v) is 12.7. The van der Waals surface area contributed by atoms with E-state index in [-0.39, 0.29) is 13.0 Å². The highest BCUT2D eigenvalue weighted by Gasteiger charge is 2.22. The van der Waals surface area contributed by atoms with Gasteiger partial charge in [-0.3, -0.25) is 4.79 Å². The minimum atomic E-state index is -1.18. The standard InChI is InChI=1S/C13H20N4O5/c1-13(2,3)22-12(21)15-6-10(18)17-9(11(19)20)4-8-5-14-7-16-8/h5,7,9H,4,6H2,1-3H3,(H,14,16)(H,15,21)(H,17,18)(H,19,20)/t9-/m0/s1. The average Bonchev–Trinajstić information content (AvgIpc) is 2.86. The maximum Gasteiger partial charge on any atom is 0.408 e. The molecular weight excluding hydrogens is 292 g/mol. The number of aromatic nitrogens is 2. The molecule has 0 aliphatic heterocycles. The van der Waals surface area contributed by atoms with E-state index >= 15 is 0 Å². The Kier molecular flexibility index (Phi) is 5.90. The SMILES string of the molecule is CC(C)(C)OC(=O)NCC(=O)N[C@@H](Cc1cnc[nH]1)C(=O)O. The molecule has 0 saturated carbocycles. The summed E-state index contributed by atoms with van der Waals surface area (Å²) in [6.07, 6.45) is 2.21. The molecule has 9 nitrogen and oxygen atoms in total. The Bertz CT molecular complexity index is 521. The summed E-state index contributed by atoms with van der Waals surface area (Å²) in [5.41, 5.74) is -0.0991. The number of hydrogen-bond acceptors (Lipinski definition) is 5. The minimum absolute atomic E-state index is 0.0630. The first-order chi connectivity index (χ1) is 10.2. The minimum Gasteiger partial charge on any atom is -0.480 e. The number of amides is 2. The number of ether oxygens (including phenoxy) is 1. The van der Waals surface area contributed by atoms with Crippen LogP contribution in [-0.2, 0) is 20.7 Å². The van der Waals surface area contributed by atoms with Crippen molar-refractivity contribution in [3.8, 4) is 0 Å². The Morgan fingerprint density at radius 3 is 2.59 bits per heavy atom. The molecule has 0 radical (unpaired) electrons. The van der Waals surface area contributed by atoms with E-state index in [2.05, 4.69) is 20.6 Å². The smallest absolute Gasteiger partial charge is 0.408 e. The molecule has 0 bridgehead atoms. The molecule has 1 heterocycles. The molecule has 1 aromatic heterocycles. The van der Waals surface area contributed by atoms with Crippen LogP contribution in [0.25, 0.3) is 0 Å². The van der Waals surface area contributed by atoms with E-state index in [1.54, 1.807) is 20.8 Å². The fourth-order valence-corrected chi connectivity index (χ4v) is 1.53. The molecule has 0 saturated heterocycles. The van der Waals surface area contributed by atoms with Gasteiger partial charge in [0.25, 0.3) is 0 Å². The molecule has 2 amide bonds. The summed E-state index contributed by atoms with van der Waals surface area (Å²) in [6.45, 7) is 4.70. The molecular formula is C13H20N4O5. The number of aromatic amines is 1. The molecule has 4 N–H and O–H groups in total. The number of nitrogens with one attached hydrogen (secondary N) is 3. The van der Waals surface area contributed by atoms with Gasteiger partial charge < -0.3 is 25.5 Å². The monoisotopic (exact) mass is 312 g/mol. The molecule has 0 aliphatic carbocycles. The normalized spacial score (nSPS) is 12.3. The van der Waals surface area contributed by atoms with E-state index in [0.29, 0.717) is 5.69 Å². The van der Waals surface area contributed by atoms with Gasteiger partial charge in [0.2, 0.25) is 5.91 Å². The van der Waals surface area contributed by atoms with E-state index in [1.165, 1.54) is 12.5 Å². The third kappa shape index (κ3) is 6.73. The van der Waals surface area contributed by atoms with Crippen molar-refractivity contribution in [3.05, 3.63) is 18.2 Å². The molecule has 122 valence electrons. The van der Waals surface area contributed by atoms with Gasteiger partial charge in [-0.05, 0) is 20.8 Å². The Morgan fingerprint density at radius 1 is 1.41 bits per heavy atom. The van der Waals surface area contributed by atoms with Crippen LogP contribution in [0.2, 0.25) is 0 Å². The molecule has 22 heavy (non-hydrogen) atoms. The zero-order chi connectivity index (χ0) is 16.8. The summed E-state index contributed by atoms with van der Waals surface area (Å²) < 4.78 is 4.97. The summed E-state index contributed by atoms with van der Waals surface area (Å²) in [5.74, 6) is -1.81. The maximum atomic E-state index is 11.7. The van der Waals surface area contributed by atoms with Crippen molar-refractivity contribution in [2.45, 2.75) is 38.8 Å². The van der Waals surface area contributed by atoms with Crippen molar-refractivity contribution in [1.82, 2.24) is 20.6 Å². The number of carboxylic acids is 1. The lowest BCUT2D eigenvalue weighted by atomic mass is 10.1. The van der Waals surface area contributed by atoms with E-state index in [1.807, 2.05) is 0 Å². The largest absolute Gasteiger partial charge is 0.480 e. The van der Waals surface area contributed by atoms with Gasteiger partial charge in [-0.1, -0.05) is 0 Å². The topological polar surface area (TPSA) is 133 Å². The van der Waals surface area contributed by atoms with Crippen molar-refractivity contribution in [2.75, 3.05) is 6.54 Å². The van der Waals surface area contributed by atoms with Crippen molar-refractivity contribution in [1.29, 1.82) is 0 Å². The average molecular weight is 312 g/mol. The molecule has 0 aromatic carbocycles. The number of carbonyl (C=O) groups is 3. The Hall–Kier alpha value is -2.58. The van der Waals surface area contributed by atoms with E-state index < -0.39 is 29.6 Å². The van der Waals surface area contributed by atoms with Crippen LogP contribution in [0.4, 0.5) is 4.79 Å². The zero-order valence-electron chi connectivity index (χ0n) is 12.7. The molecule has 0 aliphatic rings. The van der Waals surface area contributed by atoms with Gasteiger partial charge in [0, 0.05) is 18.3 Å². The highest BCUT2D eigenvalue weighted by molar-refractivity contribution is 5.86. The van der Waals surface area contributed by atoms with Crippen LogP contribution in [0.5, 0.6) is 0 Å². The maximum absolute atomic E-state index is 11.7. The van der Waals surface area contributed by atoms with Crippen molar-refractivity contribution in [3.63, 3.8) is 0 Å². The first-order valence-electron chi connectivity index (χ1n) is 6.63. The highest BCUT2D eigenvalue weighted by Crippen LogP contribution is 2.06. The van der Waals surface area contributed by atoms with Gasteiger partial charge in [0.15, 0.2) is 0 Å². The van der Waals surface area contributed by atoms with Gasteiger partial charge in [0.05, 0.1) is 6.33 Å². The number of carbonyl (C=O) groups excluding carboxylic acids is 2.